The predicted molar refractivity (Wildman–Crippen MR) is 81.5 cm³/mol. The summed E-state index contributed by atoms with van der Waals surface area (Å²) in [6.07, 6.45) is 5.49. The third-order valence-corrected chi connectivity index (χ3v) is 4.76. The average Bonchev–Trinajstić information content (AvgIpc) is 2.46. The highest BCUT2D eigenvalue weighted by Crippen LogP contribution is 2.49. The Balaban J connectivity index is 2.35. The number of methoxy groups -OCH3 is 1. The molecule has 0 amide bonds. The first-order valence-electron chi connectivity index (χ1n) is 7.14. The SMILES string of the molecule is C=C[C@]1(c2ccc(C#N)cc2)CC[C@H](OC)C(C)(C)C1. The average molecular weight is 269 g/mol. The van der Waals surface area contributed by atoms with Crippen molar-refractivity contribution in [1.82, 2.24) is 0 Å². The van der Waals surface area contributed by atoms with Crippen molar-refractivity contribution in [1.29, 1.82) is 5.26 Å². The highest BCUT2D eigenvalue weighted by molar-refractivity contribution is 5.38. The van der Waals surface area contributed by atoms with E-state index in [0.29, 0.717) is 11.7 Å². The second kappa shape index (κ2) is 5.42. The fraction of sp³-hybridized carbons (Fsp3) is 0.500. The molecule has 0 heterocycles. The minimum atomic E-state index is -0.00742. The highest BCUT2D eigenvalue weighted by atomic mass is 16.5. The molecule has 1 aliphatic rings. The number of rotatable bonds is 3. The lowest BCUT2D eigenvalue weighted by Crippen LogP contribution is -2.44. The Bertz CT molecular complexity index is 523. The molecular formula is C18H23NO. The largest absolute Gasteiger partial charge is 0.381 e. The van der Waals surface area contributed by atoms with E-state index in [4.69, 9.17) is 10.00 Å². The van der Waals surface area contributed by atoms with Crippen LogP contribution in [-0.2, 0) is 10.2 Å². The Morgan fingerprint density at radius 1 is 1.35 bits per heavy atom. The molecule has 1 fully saturated rings. The quantitative estimate of drug-likeness (QED) is 0.770. The molecule has 0 unspecified atom stereocenters. The molecule has 1 aromatic carbocycles. The monoisotopic (exact) mass is 269 g/mol. The van der Waals surface area contributed by atoms with E-state index in [1.54, 1.807) is 7.11 Å². The molecule has 1 aromatic rings. The van der Waals surface area contributed by atoms with E-state index in [1.165, 1.54) is 5.56 Å². The summed E-state index contributed by atoms with van der Waals surface area (Å²) in [4.78, 5) is 0. The second-order valence-corrected chi connectivity index (χ2v) is 6.48. The smallest absolute Gasteiger partial charge is 0.0991 e. The van der Waals surface area contributed by atoms with Gasteiger partial charge in [-0.3, -0.25) is 0 Å². The van der Waals surface area contributed by atoms with Crippen LogP contribution in [0, 0.1) is 16.7 Å². The Morgan fingerprint density at radius 2 is 2.00 bits per heavy atom. The van der Waals surface area contributed by atoms with E-state index < -0.39 is 0 Å². The summed E-state index contributed by atoms with van der Waals surface area (Å²) in [6, 6.07) is 10.1. The van der Waals surface area contributed by atoms with Gasteiger partial charge in [-0.15, -0.1) is 6.58 Å². The molecule has 1 aliphatic carbocycles. The third-order valence-electron chi connectivity index (χ3n) is 4.76. The number of hydrogen-bond acceptors (Lipinski definition) is 2. The highest BCUT2D eigenvalue weighted by Gasteiger charge is 2.44. The molecule has 0 aliphatic heterocycles. The van der Waals surface area contributed by atoms with Crippen LogP contribution >= 0.6 is 0 Å². The van der Waals surface area contributed by atoms with Crippen LogP contribution in [0.2, 0.25) is 0 Å². The van der Waals surface area contributed by atoms with Gasteiger partial charge >= 0.3 is 0 Å². The minimum Gasteiger partial charge on any atom is -0.381 e. The van der Waals surface area contributed by atoms with Crippen LogP contribution in [0.1, 0.15) is 44.2 Å². The molecule has 1 saturated carbocycles. The van der Waals surface area contributed by atoms with Gasteiger partial charge in [0.15, 0.2) is 0 Å². The molecule has 2 nitrogen and oxygen atoms in total. The Hall–Kier alpha value is -1.59. The van der Waals surface area contributed by atoms with E-state index in [-0.39, 0.29) is 10.8 Å². The predicted octanol–water partition coefficient (Wildman–Crippen LogP) is 4.21. The maximum absolute atomic E-state index is 8.92. The van der Waals surface area contributed by atoms with Crippen LogP contribution in [0.4, 0.5) is 0 Å². The van der Waals surface area contributed by atoms with Crippen LogP contribution in [0.25, 0.3) is 0 Å². The zero-order chi connectivity index (χ0) is 14.8. The second-order valence-electron chi connectivity index (χ2n) is 6.48. The van der Waals surface area contributed by atoms with Crippen molar-refractivity contribution in [2.45, 2.75) is 44.6 Å². The number of ether oxygens (including phenoxy) is 1. The molecule has 0 spiro atoms. The molecule has 0 aromatic heterocycles. The first kappa shape index (κ1) is 14.8. The molecule has 2 heteroatoms. The summed E-state index contributed by atoms with van der Waals surface area (Å²) in [5.74, 6) is 0. The van der Waals surface area contributed by atoms with Gasteiger partial charge in [-0.25, -0.2) is 0 Å². The number of benzene rings is 1. The summed E-state index contributed by atoms with van der Waals surface area (Å²) in [6.45, 7) is 8.62. The summed E-state index contributed by atoms with van der Waals surface area (Å²) in [7, 11) is 1.80. The Labute approximate surface area is 122 Å². The van der Waals surface area contributed by atoms with Crippen molar-refractivity contribution in [3.05, 3.63) is 48.0 Å². The zero-order valence-electron chi connectivity index (χ0n) is 12.6. The molecule has 0 bridgehead atoms. The number of nitriles is 1. The van der Waals surface area contributed by atoms with Gasteiger partial charge in [0.1, 0.15) is 0 Å². The van der Waals surface area contributed by atoms with Gasteiger partial charge in [0.25, 0.3) is 0 Å². The van der Waals surface area contributed by atoms with E-state index in [0.717, 1.165) is 19.3 Å². The lowest BCUT2D eigenvalue weighted by Gasteiger charge is -2.48. The third kappa shape index (κ3) is 2.51. The molecular weight excluding hydrogens is 246 g/mol. The lowest BCUT2D eigenvalue weighted by molar-refractivity contribution is -0.0394. The van der Waals surface area contributed by atoms with Crippen molar-refractivity contribution < 1.29 is 4.74 Å². The van der Waals surface area contributed by atoms with Gasteiger partial charge < -0.3 is 4.74 Å². The van der Waals surface area contributed by atoms with Crippen LogP contribution in [0.3, 0.4) is 0 Å². The zero-order valence-corrected chi connectivity index (χ0v) is 12.6. The van der Waals surface area contributed by atoms with E-state index in [9.17, 15) is 0 Å². The number of hydrogen-bond donors (Lipinski definition) is 0. The van der Waals surface area contributed by atoms with Crippen molar-refractivity contribution in [2.24, 2.45) is 5.41 Å². The van der Waals surface area contributed by atoms with Gasteiger partial charge in [0.2, 0.25) is 0 Å². The summed E-state index contributed by atoms with van der Waals surface area (Å²) >= 11 is 0. The van der Waals surface area contributed by atoms with Crippen molar-refractivity contribution >= 4 is 0 Å². The van der Waals surface area contributed by atoms with Crippen LogP contribution in [0.5, 0.6) is 0 Å². The molecule has 2 atom stereocenters. The number of allylic oxidation sites excluding steroid dienone is 1. The van der Waals surface area contributed by atoms with Gasteiger partial charge in [0.05, 0.1) is 17.7 Å². The van der Waals surface area contributed by atoms with E-state index >= 15 is 0 Å². The summed E-state index contributed by atoms with van der Waals surface area (Å²) < 4.78 is 5.64. The van der Waals surface area contributed by atoms with Crippen molar-refractivity contribution in [3.8, 4) is 6.07 Å². The summed E-state index contributed by atoms with van der Waals surface area (Å²) in [5.41, 5.74) is 2.08. The molecule has 106 valence electrons. The van der Waals surface area contributed by atoms with Gasteiger partial charge in [-0.1, -0.05) is 32.1 Å². The Kier molecular flexibility index (Phi) is 4.01. The molecule has 0 N–H and O–H groups in total. The normalized spacial score (nSPS) is 28.6. The number of nitrogens with zero attached hydrogens (tertiary/aromatic N) is 1. The maximum atomic E-state index is 8.92. The maximum Gasteiger partial charge on any atom is 0.0991 e. The minimum absolute atomic E-state index is 0.00742. The topological polar surface area (TPSA) is 33.0 Å². The van der Waals surface area contributed by atoms with Crippen LogP contribution in [-0.4, -0.2) is 13.2 Å². The van der Waals surface area contributed by atoms with Crippen LogP contribution < -0.4 is 0 Å². The first-order valence-corrected chi connectivity index (χ1v) is 7.14. The molecule has 20 heavy (non-hydrogen) atoms. The van der Waals surface area contributed by atoms with E-state index in [1.807, 2.05) is 12.1 Å². The van der Waals surface area contributed by atoms with Gasteiger partial charge in [-0.05, 0) is 42.4 Å². The van der Waals surface area contributed by atoms with E-state index in [2.05, 4.69) is 44.7 Å². The first-order chi connectivity index (χ1) is 9.47. The lowest BCUT2D eigenvalue weighted by atomic mass is 9.59. The Morgan fingerprint density at radius 3 is 2.45 bits per heavy atom. The standard InChI is InChI=1S/C18H23NO/c1-5-18(15-8-6-14(12-19)7-9-15)11-10-16(20-4)17(2,3)13-18/h5-9,16H,1,10-11,13H2,2-4H3/t16-,18-/m0/s1. The summed E-state index contributed by atoms with van der Waals surface area (Å²) in [5, 5.41) is 8.92. The fourth-order valence-corrected chi connectivity index (χ4v) is 3.65. The van der Waals surface area contributed by atoms with Crippen molar-refractivity contribution in [3.63, 3.8) is 0 Å². The van der Waals surface area contributed by atoms with Gasteiger partial charge in [0, 0.05) is 12.5 Å². The molecule has 0 saturated heterocycles. The molecule has 2 rings (SSSR count). The molecule has 0 radical (unpaired) electrons. The van der Waals surface area contributed by atoms with Crippen molar-refractivity contribution in [2.75, 3.05) is 7.11 Å². The van der Waals surface area contributed by atoms with Gasteiger partial charge in [-0.2, -0.15) is 5.26 Å². The fourth-order valence-electron chi connectivity index (χ4n) is 3.65. The van der Waals surface area contributed by atoms with Crippen LogP contribution in [0.15, 0.2) is 36.9 Å².